The maximum atomic E-state index is 12.5. The molecule has 1 saturated carbocycles. The minimum atomic E-state index is -0.110. The van der Waals surface area contributed by atoms with Gasteiger partial charge in [0, 0.05) is 44.1 Å². The van der Waals surface area contributed by atoms with E-state index in [1.54, 1.807) is 0 Å². The van der Waals surface area contributed by atoms with Gasteiger partial charge in [-0.25, -0.2) is 4.79 Å². The van der Waals surface area contributed by atoms with E-state index in [0.29, 0.717) is 38.5 Å². The Kier molecular flexibility index (Phi) is 7.10. The number of carbonyl (C=O) groups excluding carboxylic acids is 2. The van der Waals surface area contributed by atoms with E-state index in [1.807, 2.05) is 23.1 Å². The molecular weight excluding hydrogens is 340 g/mol. The molecule has 2 atom stereocenters. The van der Waals surface area contributed by atoms with Gasteiger partial charge >= 0.3 is 6.03 Å². The third kappa shape index (κ3) is 5.70. The van der Waals surface area contributed by atoms with Crippen LogP contribution >= 0.6 is 0 Å². The molecule has 1 saturated heterocycles. The molecule has 0 radical (unpaired) electrons. The summed E-state index contributed by atoms with van der Waals surface area (Å²) in [4.78, 5) is 26.3. The second-order valence-electron chi connectivity index (χ2n) is 7.82. The van der Waals surface area contributed by atoms with Gasteiger partial charge in [0.05, 0.1) is 0 Å². The summed E-state index contributed by atoms with van der Waals surface area (Å²) in [5.74, 6) is 0.327. The second-order valence-corrected chi connectivity index (χ2v) is 7.82. The van der Waals surface area contributed by atoms with Crippen LogP contribution < -0.4 is 16.4 Å². The fraction of sp³-hybridized carbons (Fsp3) is 0.619. The van der Waals surface area contributed by atoms with Gasteiger partial charge in [-0.05, 0) is 24.8 Å². The molecule has 1 aliphatic heterocycles. The fourth-order valence-corrected chi connectivity index (χ4v) is 4.17. The number of likely N-dealkylation sites (tertiary alicyclic amines) is 1. The molecule has 148 valence electrons. The van der Waals surface area contributed by atoms with Gasteiger partial charge in [-0.15, -0.1) is 0 Å². The number of nitrogens with one attached hydrogen (secondary N) is 2. The molecule has 0 aromatic heterocycles. The smallest absolute Gasteiger partial charge is 0.315 e. The van der Waals surface area contributed by atoms with Crippen LogP contribution in [0.5, 0.6) is 0 Å². The van der Waals surface area contributed by atoms with Gasteiger partial charge in [-0.2, -0.15) is 0 Å². The normalized spacial score (nSPS) is 23.2. The summed E-state index contributed by atoms with van der Waals surface area (Å²) >= 11 is 0. The molecule has 1 heterocycles. The lowest BCUT2D eigenvalue weighted by Crippen LogP contribution is -2.43. The van der Waals surface area contributed by atoms with Crippen LogP contribution in [-0.4, -0.2) is 48.6 Å². The average Bonchev–Trinajstić information content (AvgIpc) is 3.08. The van der Waals surface area contributed by atoms with Crippen molar-refractivity contribution in [1.82, 2.24) is 15.5 Å². The summed E-state index contributed by atoms with van der Waals surface area (Å²) in [6.45, 7) is 1.81. The number of urea groups is 1. The quantitative estimate of drug-likeness (QED) is 0.670. The van der Waals surface area contributed by atoms with Gasteiger partial charge in [0.1, 0.15) is 0 Å². The molecule has 1 aromatic rings. The Bertz CT molecular complexity index is 616. The summed E-state index contributed by atoms with van der Waals surface area (Å²) in [6.07, 6.45) is 6.90. The summed E-state index contributed by atoms with van der Waals surface area (Å²) in [5, 5.41) is 5.90. The largest absolute Gasteiger partial charge is 0.340 e. The van der Waals surface area contributed by atoms with E-state index < -0.39 is 0 Å². The zero-order valence-corrected chi connectivity index (χ0v) is 16.0. The Morgan fingerprint density at radius 3 is 2.56 bits per heavy atom. The molecule has 0 unspecified atom stereocenters. The van der Waals surface area contributed by atoms with Crippen molar-refractivity contribution >= 4 is 11.9 Å². The number of nitrogens with two attached hydrogens (primary N) is 1. The Hall–Kier alpha value is -2.08. The molecule has 3 amide bonds. The lowest BCUT2D eigenvalue weighted by molar-refractivity contribution is -0.130. The zero-order chi connectivity index (χ0) is 19.1. The SMILES string of the molecule is N[C@@H]1CN(C(=O)CCCNC(=O)NC2CCCCC2)C[C@H]1c1ccccc1. The van der Waals surface area contributed by atoms with Crippen molar-refractivity contribution in [2.24, 2.45) is 5.73 Å². The van der Waals surface area contributed by atoms with E-state index in [-0.39, 0.29) is 23.9 Å². The van der Waals surface area contributed by atoms with Crippen LogP contribution in [0.3, 0.4) is 0 Å². The summed E-state index contributed by atoms with van der Waals surface area (Å²) in [5.41, 5.74) is 7.46. The van der Waals surface area contributed by atoms with Gasteiger partial charge < -0.3 is 21.3 Å². The third-order valence-electron chi connectivity index (χ3n) is 5.74. The van der Waals surface area contributed by atoms with Crippen LogP contribution in [0.4, 0.5) is 4.79 Å². The highest BCUT2D eigenvalue weighted by Crippen LogP contribution is 2.26. The highest BCUT2D eigenvalue weighted by molar-refractivity contribution is 5.77. The lowest BCUT2D eigenvalue weighted by Gasteiger charge is -2.22. The minimum absolute atomic E-state index is 0.0178. The topological polar surface area (TPSA) is 87.5 Å². The first-order valence-corrected chi connectivity index (χ1v) is 10.3. The van der Waals surface area contributed by atoms with E-state index in [1.165, 1.54) is 24.8 Å². The van der Waals surface area contributed by atoms with Crippen molar-refractivity contribution in [2.75, 3.05) is 19.6 Å². The van der Waals surface area contributed by atoms with Gasteiger partial charge in [0.25, 0.3) is 0 Å². The predicted octanol–water partition coefficient (Wildman–Crippen LogP) is 2.35. The van der Waals surface area contributed by atoms with E-state index >= 15 is 0 Å². The van der Waals surface area contributed by atoms with E-state index in [2.05, 4.69) is 22.8 Å². The number of benzene rings is 1. The molecule has 2 fully saturated rings. The number of amides is 3. The molecule has 4 N–H and O–H groups in total. The summed E-state index contributed by atoms with van der Waals surface area (Å²) in [7, 11) is 0. The van der Waals surface area contributed by atoms with E-state index in [0.717, 1.165) is 12.8 Å². The van der Waals surface area contributed by atoms with Gasteiger partial charge in [0.15, 0.2) is 0 Å². The van der Waals surface area contributed by atoms with Crippen LogP contribution in [0.1, 0.15) is 56.4 Å². The number of rotatable bonds is 6. The first-order chi connectivity index (χ1) is 13.1. The molecule has 6 nitrogen and oxygen atoms in total. The van der Waals surface area contributed by atoms with Crippen LogP contribution in [-0.2, 0) is 4.79 Å². The molecule has 1 aromatic carbocycles. The van der Waals surface area contributed by atoms with Crippen molar-refractivity contribution < 1.29 is 9.59 Å². The van der Waals surface area contributed by atoms with Gasteiger partial charge in [-0.1, -0.05) is 49.6 Å². The van der Waals surface area contributed by atoms with Crippen molar-refractivity contribution in [3.8, 4) is 0 Å². The van der Waals surface area contributed by atoms with Crippen LogP contribution in [0.15, 0.2) is 30.3 Å². The second kappa shape index (κ2) is 9.74. The average molecular weight is 373 g/mol. The standard InChI is InChI=1S/C21H32N4O2/c22-19-15-25(14-18(19)16-8-3-1-4-9-16)20(26)12-7-13-23-21(27)24-17-10-5-2-6-11-17/h1,3-4,8-9,17-19H,2,5-7,10-15,22H2,(H2,23,24,27)/t18-,19+/m0/s1. The van der Waals surface area contributed by atoms with Crippen LogP contribution in [0.2, 0.25) is 0 Å². The maximum Gasteiger partial charge on any atom is 0.315 e. The lowest BCUT2D eigenvalue weighted by atomic mass is 9.95. The summed E-state index contributed by atoms with van der Waals surface area (Å²) < 4.78 is 0. The molecule has 2 aliphatic rings. The minimum Gasteiger partial charge on any atom is -0.340 e. The highest BCUT2D eigenvalue weighted by Gasteiger charge is 2.33. The third-order valence-corrected chi connectivity index (χ3v) is 5.74. The number of hydrogen-bond acceptors (Lipinski definition) is 3. The molecule has 6 heteroatoms. The summed E-state index contributed by atoms with van der Waals surface area (Å²) in [6, 6.07) is 10.3. The Morgan fingerprint density at radius 1 is 1.07 bits per heavy atom. The molecule has 1 aliphatic carbocycles. The molecule has 0 spiro atoms. The van der Waals surface area contributed by atoms with Gasteiger partial charge in [-0.3, -0.25) is 4.79 Å². The fourth-order valence-electron chi connectivity index (χ4n) is 4.17. The number of carbonyl (C=O) groups is 2. The monoisotopic (exact) mass is 372 g/mol. The first-order valence-electron chi connectivity index (χ1n) is 10.3. The number of hydrogen-bond donors (Lipinski definition) is 3. The van der Waals surface area contributed by atoms with E-state index in [4.69, 9.17) is 5.73 Å². The Labute approximate surface area is 161 Å². The van der Waals surface area contributed by atoms with Crippen LogP contribution in [0, 0.1) is 0 Å². The molecule has 27 heavy (non-hydrogen) atoms. The highest BCUT2D eigenvalue weighted by atomic mass is 16.2. The van der Waals surface area contributed by atoms with E-state index in [9.17, 15) is 9.59 Å². The first kappa shape index (κ1) is 19.7. The molecular formula is C21H32N4O2. The zero-order valence-electron chi connectivity index (χ0n) is 16.0. The molecule has 3 rings (SSSR count). The molecule has 0 bridgehead atoms. The van der Waals surface area contributed by atoms with Crippen molar-refractivity contribution in [2.45, 2.75) is 62.9 Å². The predicted molar refractivity (Wildman–Crippen MR) is 106 cm³/mol. The Balaban J connectivity index is 1.34. The van der Waals surface area contributed by atoms with Gasteiger partial charge in [0.2, 0.25) is 5.91 Å². The maximum absolute atomic E-state index is 12.5. The number of nitrogens with zero attached hydrogens (tertiary/aromatic N) is 1. The van der Waals surface area contributed by atoms with Crippen LogP contribution in [0.25, 0.3) is 0 Å². The Morgan fingerprint density at radius 2 is 1.81 bits per heavy atom. The van der Waals surface area contributed by atoms with Crippen molar-refractivity contribution in [1.29, 1.82) is 0 Å². The van der Waals surface area contributed by atoms with Crippen molar-refractivity contribution in [3.63, 3.8) is 0 Å². The van der Waals surface area contributed by atoms with Crippen molar-refractivity contribution in [3.05, 3.63) is 35.9 Å².